The average molecular weight is 222 g/mol. The molecule has 1 aliphatic rings. The fraction of sp³-hybridized carbons (Fsp3) is 0.500. The smallest absolute Gasteiger partial charge is 0.290 e. The summed E-state index contributed by atoms with van der Waals surface area (Å²) in [5.74, 6) is 0.705. The van der Waals surface area contributed by atoms with Crippen LogP contribution in [-0.4, -0.2) is 29.0 Å². The van der Waals surface area contributed by atoms with Crippen LogP contribution in [0.25, 0.3) is 0 Å². The lowest BCUT2D eigenvalue weighted by atomic mass is 10.2. The van der Waals surface area contributed by atoms with Gasteiger partial charge in [-0.05, 0) is 26.0 Å². The van der Waals surface area contributed by atoms with Crippen LogP contribution in [0.2, 0.25) is 0 Å². The summed E-state index contributed by atoms with van der Waals surface area (Å²) in [7, 11) is 0. The van der Waals surface area contributed by atoms with Crippen LogP contribution >= 0.6 is 0 Å². The van der Waals surface area contributed by atoms with Crippen molar-refractivity contribution >= 4 is 11.5 Å². The molecule has 0 aliphatic carbocycles. The van der Waals surface area contributed by atoms with Crippen molar-refractivity contribution in [2.24, 2.45) is 0 Å². The van der Waals surface area contributed by atoms with E-state index in [0.29, 0.717) is 17.6 Å². The van der Waals surface area contributed by atoms with Gasteiger partial charge in [-0.25, -0.2) is 4.98 Å². The van der Waals surface area contributed by atoms with E-state index in [1.54, 1.807) is 13.0 Å². The van der Waals surface area contributed by atoms with Gasteiger partial charge >= 0.3 is 0 Å². The minimum atomic E-state index is -0.413. The molecular weight excluding hydrogens is 208 g/mol. The molecule has 0 spiro atoms. The number of rotatable bonds is 3. The summed E-state index contributed by atoms with van der Waals surface area (Å²) in [6, 6.07) is 3.52. The summed E-state index contributed by atoms with van der Waals surface area (Å²) in [4.78, 5) is 14.4. The van der Waals surface area contributed by atoms with Crippen molar-refractivity contribution in [3.63, 3.8) is 0 Å². The molecule has 1 aromatic rings. The van der Waals surface area contributed by atoms with Gasteiger partial charge in [0.1, 0.15) is 11.5 Å². The van der Waals surface area contributed by atoms with Gasteiger partial charge in [0.25, 0.3) is 5.69 Å². The average Bonchev–Trinajstić information content (AvgIpc) is 2.70. The molecule has 2 N–H and O–H groups in total. The van der Waals surface area contributed by atoms with E-state index in [1.165, 1.54) is 6.07 Å². The fourth-order valence-corrected chi connectivity index (χ4v) is 1.81. The van der Waals surface area contributed by atoms with E-state index in [2.05, 4.69) is 15.6 Å². The molecule has 1 aromatic heterocycles. The molecule has 2 rings (SSSR count). The van der Waals surface area contributed by atoms with E-state index in [1.807, 2.05) is 0 Å². The van der Waals surface area contributed by atoms with Gasteiger partial charge < -0.3 is 10.6 Å². The van der Waals surface area contributed by atoms with Crippen LogP contribution in [0.1, 0.15) is 12.1 Å². The van der Waals surface area contributed by atoms with Gasteiger partial charge in [-0.2, -0.15) is 0 Å². The lowest BCUT2D eigenvalue weighted by Crippen LogP contribution is -2.22. The van der Waals surface area contributed by atoms with Crippen LogP contribution < -0.4 is 10.6 Å². The molecule has 0 bridgehead atoms. The van der Waals surface area contributed by atoms with Crippen molar-refractivity contribution in [1.29, 1.82) is 0 Å². The first kappa shape index (κ1) is 10.8. The van der Waals surface area contributed by atoms with E-state index < -0.39 is 4.92 Å². The Balaban J connectivity index is 2.11. The van der Waals surface area contributed by atoms with Gasteiger partial charge in [0.2, 0.25) is 0 Å². The number of hydrogen-bond acceptors (Lipinski definition) is 5. The quantitative estimate of drug-likeness (QED) is 0.590. The number of hydrogen-bond donors (Lipinski definition) is 2. The molecule has 6 heteroatoms. The van der Waals surface area contributed by atoms with Crippen molar-refractivity contribution in [2.45, 2.75) is 19.4 Å². The zero-order valence-corrected chi connectivity index (χ0v) is 9.06. The topological polar surface area (TPSA) is 80.1 Å². The number of nitro groups is 1. The number of aromatic nitrogens is 1. The molecule has 2 heterocycles. The van der Waals surface area contributed by atoms with Gasteiger partial charge in [-0.1, -0.05) is 0 Å². The molecule has 0 aromatic carbocycles. The third-order valence-electron chi connectivity index (χ3n) is 2.67. The third-order valence-corrected chi connectivity index (χ3v) is 2.67. The Morgan fingerprint density at radius 1 is 1.62 bits per heavy atom. The fourth-order valence-electron chi connectivity index (χ4n) is 1.81. The first-order valence-corrected chi connectivity index (χ1v) is 5.26. The highest BCUT2D eigenvalue weighted by atomic mass is 16.6. The van der Waals surface area contributed by atoms with E-state index in [-0.39, 0.29) is 5.69 Å². The second kappa shape index (κ2) is 4.44. The number of nitrogens with one attached hydrogen (secondary N) is 2. The SMILES string of the molecule is Cc1nc(NC2CCNC2)ccc1[N+](=O)[O-]. The van der Waals surface area contributed by atoms with E-state index >= 15 is 0 Å². The molecule has 1 fully saturated rings. The summed E-state index contributed by atoms with van der Waals surface area (Å²) < 4.78 is 0. The van der Waals surface area contributed by atoms with Crippen LogP contribution in [0.15, 0.2) is 12.1 Å². The minimum absolute atomic E-state index is 0.0649. The Labute approximate surface area is 93.2 Å². The van der Waals surface area contributed by atoms with Gasteiger partial charge in [0, 0.05) is 18.7 Å². The molecule has 1 atom stereocenters. The Morgan fingerprint density at radius 3 is 3.00 bits per heavy atom. The van der Waals surface area contributed by atoms with E-state index in [4.69, 9.17) is 0 Å². The molecular formula is C10H14N4O2. The van der Waals surface area contributed by atoms with Crippen LogP contribution in [0.3, 0.4) is 0 Å². The lowest BCUT2D eigenvalue weighted by molar-refractivity contribution is -0.385. The maximum absolute atomic E-state index is 10.6. The van der Waals surface area contributed by atoms with Crippen LogP contribution in [0.4, 0.5) is 11.5 Å². The summed E-state index contributed by atoms with van der Waals surface area (Å²) in [5, 5.41) is 17.1. The van der Waals surface area contributed by atoms with E-state index in [0.717, 1.165) is 19.5 Å². The Bertz CT molecular complexity index is 402. The largest absolute Gasteiger partial charge is 0.366 e. The van der Waals surface area contributed by atoms with Crippen LogP contribution in [0, 0.1) is 17.0 Å². The van der Waals surface area contributed by atoms with Gasteiger partial charge in [0.05, 0.1) is 4.92 Å². The summed E-state index contributed by atoms with van der Waals surface area (Å²) in [5.41, 5.74) is 0.510. The van der Waals surface area contributed by atoms with Crippen LogP contribution in [-0.2, 0) is 0 Å². The Morgan fingerprint density at radius 2 is 2.44 bits per heavy atom. The van der Waals surface area contributed by atoms with Crippen molar-refractivity contribution in [1.82, 2.24) is 10.3 Å². The number of nitrogens with zero attached hydrogens (tertiary/aromatic N) is 2. The highest BCUT2D eigenvalue weighted by Gasteiger charge is 2.16. The standard InChI is InChI=1S/C10H14N4O2/c1-7-9(14(15)16)2-3-10(12-7)13-8-4-5-11-6-8/h2-3,8,11H,4-6H2,1H3,(H,12,13). The molecule has 0 radical (unpaired) electrons. The predicted molar refractivity (Wildman–Crippen MR) is 60.5 cm³/mol. The molecule has 0 saturated carbocycles. The van der Waals surface area contributed by atoms with Crippen molar-refractivity contribution < 1.29 is 4.92 Å². The van der Waals surface area contributed by atoms with Crippen molar-refractivity contribution in [2.75, 3.05) is 18.4 Å². The molecule has 16 heavy (non-hydrogen) atoms. The normalized spacial score (nSPS) is 19.7. The first-order chi connectivity index (χ1) is 7.66. The Hall–Kier alpha value is -1.69. The number of anilines is 1. The van der Waals surface area contributed by atoms with Gasteiger partial charge in [0.15, 0.2) is 0 Å². The maximum atomic E-state index is 10.6. The number of pyridine rings is 1. The van der Waals surface area contributed by atoms with Gasteiger partial charge in [-0.3, -0.25) is 10.1 Å². The van der Waals surface area contributed by atoms with E-state index in [9.17, 15) is 10.1 Å². The molecule has 1 unspecified atom stereocenters. The molecule has 6 nitrogen and oxygen atoms in total. The number of aryl methyl sites for hydroxylation is 1. The second-order valence-corrected chi connectivity index (χ2v) is 3.89. The Kier molecular flexibility index (Phi) is 3.00. The highest BCUT2D eigenvalue weighted by molar-refractivity contribution is 5.45. The summed E-state index contributed by atoms with van der Waals surface area (Å²) >= 11 is 0. The summed E-state index contributed by atoms with van der Waals surface area (Å²) in [6.45, 7) is 3.57. The second-order valence-electron chi connectivity index (χ2n) is 3.89. The predicted octanol–water partition coefficient (Wildman–Crippen LogP) is 1.07. The molecule has 0 amide bonds. The molecule has 86 valence electrons. The zero-order valence-electron chi connectivity index (χ0n) is 9.06. The monoisotopic (exact) mass is 222 g/mol. The minimum Gasteiger partial charge on any atom is -0.366 e. The molecule has 1 aliphatic heterocycles. The first-order valence-electron chi connectivity index (χ1n) is 5.26. The van der Waals surface area contributed by atoms with Gasteiger partial charge in [-0.15, -0.1) is 0 Å². The molecule has 1 saturated heterocycles. The maximum Gasteiger partial charge on any atom is 0.290 e. The zero-order chi connectivity index (χ0) is 11.5. The van der Waals surface area contributed by atoms with Crippen LogP contribution in [0.5, 0.6) is 0 Å². The van der Waals surface area contributed by atoms with Crippen molar-refractivity contribution in [3.05, 3.63) is 27.9 Å². The lowest BCUT2D eigenvalue weighted by Gasteiger charge is -2.12. The third kappa shape index (κ3) is 2.27. The summed E-state index contributed by atoms with van der Waals surface area (Å²) in [6.07, 6.45) is 1.05. The van der Waals surface area contributed by atoms with Crippen molar-refractivity contribution in [3.8, 4) is 0 Å². The highest BCUT2D eigenvalue weighted by Crippen LogP contribution is 2.18.